The summed E-state index contributed by atoms with van der Waals surface area (Å²) in [5, 5.41) is 10.2. The predicted octanol–water partition coefficient (Wildman–Crippen LogP) is 5.32. The van der Waals surface area contributed by atoms with Crippen LogP contribution in [0, 0.1) is 5.92 Å². The average molecular weight is 521 g/mol. The number of carboxylic acids is 1. The Morgan fingerprint density at radius 3 is 2.65 bits per heavy atom. The van der Waals surface area contributed by atoms with E-state index in [1.165, 1.54) is 17.8 Å². The summed E-state index contributed by atoms with van der Waals surface area (Å²) in [5.74, 6) is -1.15. The normalized spacial score (nSPS) is 18.9. The van der Waals surface area contributed by atoms with Gasteiger partial charge in [-0.2, -0.15) is 0 Å². The van der Waals surface area contributed by atoms with Crippen molar-refractivity contribution in [3.63, 3.8) is 0 Å². The van der Waals surface area contributed by atoms with Gasteiger partial charge in [0.2, 0.25) is 5.91 Å². The lowest BCUT2D eigenvalue weighted by molar-refractivity contribution is -0.142. The van der Waals surface area contributed by atoms with Gasteiger partial charge in [0.15, 0.2) is 0 Å². The van der Waals surface area contributed by atoms with Gasteiger partial charge in [0.1, 0.15) is 0 Å². The number of halogens is 2. The van der Waals surface area contributed by atoms with Gasteiger partial charge in [-0.15, -0.1) is 0 Å². The molecule has 34 heavy (non-hydrogen) atoms. The summed E-state index contributed by atoms with van der Waals surface area (Å²) in [6.07, 6.45) is 4.78. The lowest BCUT2D eigenvalue weighted by atomic mass is 9.98. The Bertz CT molecular complexity index is 1090. The molecule has 0 bridgehead atoms. The van der Waals surface area contributed by atoms with Crippen molar-refractivity contribution in [2.24, 2.45) is 5.92 Å². The van der Waals surface area contributed by atoms with Crippen LogP contribution in [0.1, 0.15) is 18.4 Å². The molecule has 1 N–H and O–H groups in total. The maximum atomic E-state index is 12.4. The highest BCUT2D eigenvalue weighted by atomic mass is 35.5. The zero-order valence-corrected chi connectivity index (χ0v) is 20.9. The Balaban J connectivity index is 1.45. The molecule has 0 spiro atoms. The molecule has 2 fully saturated rings. The molecule has 4 rings (SSSR count). The van der Waals surface area contributed by atoms with Crippen LogP contribution in [0.2, 0.25) is 10.0 Å². The molecule has 6 nitrogen and oxygen atoms in total. The third kappa shape index (κ3) is 6.08. The van der Waals surface area contributed by atoms with Crippen molar-refractivity contribution in [3.05, 3.63) is 58.1 Å². The first-order valence-corrected chi connectivity index (χ1v) is 12.8. The topological polar surface area (TPSA) is 70.1 Å². The molecule has 2 aromatic rings. The minimum absolute atomic E-state index is 0.0754. The second kappa shape index (κ2) is 11.5. The zero-order valence-electron chi connectivity index (χ0n) is 18.6. The lowest BCUT2D eigenvalue weighted by Gasteiger charge is -2.32. The molecule has 0 aliphatic carbocycles. The van der Waals surface area contributed by atoms with E-state index in [0.29, 0.717) is 54.9 Å². The van der Waals surface area contributed by atoms with Crippen molar-refractivity contribution >= 4 is 58.6 Å². The van der Waals surface area contributed by atoms with Gasteiger partial charge in [0, 0.05) is 47.7 Å². The van der Waals surface area contributed by atoms with E-state index in [1.54, 1.807) is 11.0 Å². The fourth-order valence-electron chi connectivity index (χ4n) is 4.09. The number of aliphatic carboxylic acids is 1. The summed E-state index contributed by atoms with van der Waals surface area (Å²) in [6, 6.07) is 11.8. The van der Waals surface area contributed by atoms with Crippen LogP contribution in [0.3, 0.4) is 0 Å². The van der Waals surface area contributed by atoms with Crippen LogP contribution in [0.25, 0.3) is 6.08 Å². The first-order valence-electron chi connectivity index (χ1n) is 11.2. The van der Waals surface area contributed by atoms with Crippen LogP contribution in [-0.2, 0) is 14.3 Å². The molecule has 0 aromatic heterocycles. The summed E-state index contributed by atoms with van der Waals surface area (Å²) < 4.78 is 5.28. The maximum absolute atomic E-state index is 12.4. The first-order chi connectivity index (χ1) is 16.4. The molecule has 2 heterocycles. The third-order valence-corrected chi connectivity index (χ3v) is 8.04. The molecule has 0 radical (unpaired) electrons. The molecule has 2 aliphatic rings. The van der Waals surface area contributed by atoms with E-state index < -0.39 is 5.97 Å². The van der Waals surface area contributed by atoms with E-state index in [0.717, 1.165) is 28.4 Å². The van der Waals surface area contributed by atoms with Crippen molar-refractivity contribution in [2.75, 3.05) is 44.3 Å². The minimum atomic E-state index is -0.738. The number of benzene rings is 2. The molecule has 180 valence electrons. The zero-order chi connectivity index (χ0) is 24.1. The molecular formula is C25H26Cl2N2O4S. The highest BCUT2D eigenvalue weighted by molar-refractivity contribution is 7.99. The number of carbonyl (C=O) groups excluding carboxylic acids is 1. The number of carboxylic acid groups (broad SMARTS) is 1. The number of hydrogen-bond donors (Lipinski definition) is 1. The third-order valence-electron chi connectivity index (χ3n) is 5.99. The van der Waals surface area contributed by atoms with Gasteiger partial charge in [0.25, 0.3) is 0 Å². The Labute approximate surface area is 213 Å². The van der Waals surface area contributed by atoms with Gasteiger partial charge >= 0.3 is 5.97 Å². The fourth-order valence-corrected chi connectivity index (χ4v) is 5.57. The summed E-state index contributed by atoms with van der Waals surface area (Å²) in [5.41, 5.74) is 1.68. The standard InChI is InChI=1S/C25H26Cl2N2O4S/c26-23-17(7-9-22(30)28-11-13-33-14-12-28)6-8-21(24(23)27)34-20-5-1-4-19(15-20)29-10-2-3-18(16-29)25(31)32/h1,4-9,15,18H,2-3,10-14,16H2,(H,31,32)/b9-7+. The monoisotopic (exact) mass is 520 g/mol. The number of carbonyl (C=O) groups is 2. The predicted molar refractivity (Wildman–Crippen MR) is 136 cm³/mol. The fraction of sp³-hybridized carbons (Fsp3) is 0.360. The van der Waals surface area contributed by atoms with Crippen LogP contribution in [-0.4, -0.2) is 61.3 Å². The molecule has 2 saturated heterocycles. The van der Waals surface area contributed by atoms with Gasteiger partial charge in [-0.3, -0.25) is 9.59 Å². The summed E-state index contributed by atoms with van der Waals surface area (Å²) in [4.78, 5) is 29.4. The van der Waals surface area contributed by atoms with E-state index in [-0.39, 0.29) is 11.8 Å². The van der Waals surface area contributed by atoms with Crippen molar-refractivity contribution in [3.8, 4) is 0 Å². The number of hydrogen-bond acceptors (Lipinski definition) is 5. The number of nitrogens with zero attached hydrogens (tertiary/aromatic N) is 2. The number of rotatable bonds is 6. The van der Waals surface area contributed by atoms with E-state index >= 15 is 0 Å². The van der Waals surface area contributed by atoms with E-state index in [9.17, 15) is 14.7 Å². The van der Waals surface area contributed by atoms with Crippen LogP contribution >= 0.6 is 35.0 Å². The lowest BCUT2D eigenvalue weighted by Crippen LogP contribution is -2.39. The second-order valence-corrected chi connectivity index (χ2v) is 10.1. The molecule has 2 aromatic carbocycles. The van der Waals surface area contributed by atoms with Gasteiger partial charge in [-0.1, -0.05) is 47.1 Å². The molecule has 2 aliphatic heterocycles. The van der Waals surface area contributed by atoms with Gasteiger partial charge in [-0.25, -0.2) is 0 Å². The van der Waals surface area contributed by atoms with Gasteiger partial charge in [-0.05, 0) is 48.7 Å². The number of anilines is 1. The van der Waals surface area contributed by atoms with Crippen LogP contribution in [0.15, 0.2) is 52.3 Å². The first kappa shape index (κ1) is 24.9. The molecule has 9 heteroatoms. The Kier molecular flexibility index (Phi) is 8.42. The largest absolute Gasteiger partial charge is 0.481 e. The summed E-state index contributed by atoms with van der Waals surface area (Å²) >= 11 is 14.6. The van der Waals surface area contributed by atoms with Crippen molar-refractivity contribution in [2.45, 2.75) is 22.6 Å². The molecule has 1 atom stereocenters. The van der Waals surface area contributed by atoms with Crippen LogP contribution in [0.5, 0.6) is 0 Å². The summed E-state index contributed by atoms with van der Waals surface area (Å²) in [7, 11) is 0. The Morgan fingerprint density at radius 1 is 1.09 bits per heavy atom. The number of piperidine rings is 1. The molecule has 1 unspecified atom stereocenters. The number of ether oxygens (including phenoxy) is 1. The van der Waals surface area contributed by atoms with Crippen molar-refractivity contribution in [1.82, 2.24) is 4.90 Å². The average Bonchev–Trinajstić information content (AvgIpc) is 2.87. The van der Waals surface area contributed by atoms with E-state index in [2.05, 4.69) is 4.90 Å². The van der Waals surface area contributed by atoms with Crippen LogP contribution in [0.4, 0.5) is 5.69 Å². The van der Waals surface area contributed by atoms with E-state index in [4.69, 9.17) is 27.9 Å². The molecule has 1 amide bonds. The van der Waals surface area contributed by atoms with Gasteiger partial charge in [0.05, 0.1) is 29.2 Å². The summed E-state index contributed by atoms with van der Waals surface area (Å²) in [6.45, 7) is 3.63. The maximum Gasteiger partial charge on any atom is 0.308 e. The van der Waals surface area contributed by atoms with Crippen molar-refractivity contribution in [1.29, 1.82) is 0 Å². The number of amides is 1. The Hall–Kier alpha value is -2.19. The highest BCUT2D eigenvalue weighted by Gasteiger charge is 2.25. The smallest absolute Gasteiger partial charge is 0.308 e. The van der Waals surface area contributed by atoms with E-state index in [1.807, 2.05) is 36.4 Å². The Morgan fingerprint density at radius 2 is 1.88 bits per heavy atom. The van der Waals surface area contributed by atoms with Crippen molar-refractivity contribution < 1.29 is 19.4 Å². The number of morpholine rings is 1. The van der Waals surface area contributed by atoms with Gasteiger partial charge < -0.3 is 19.6 Å². The second-order valence-electron chi connectivity index (χ2n) is 8.27. The quantitative estimate of drug-likeness (QED) is 0.520. The SMILES string of the molecule is O=C(O)C1CCCN(c2cccc(Sc3ccc(/C=C/C(=O)N4CCOCC4)c(Cl)c3Cl)c2)C1. The van der Waals surface area contributed by atoms with Crippen LogP contribution < -0.4 is 4.90 Å². The highest BCUT2D eigenvalue weighted by Crippen LogP contribution is 2.40. The molecule has 0 saturated carbocycles. The minimum Gasteiger partial charge on any atom is -0.481 e. The molecular weight excluding hydrogens is 495 g/mol.